The molecular weight excluding hydrogens is 463 g/mol. The number of carbonyl (C=O) groups is 1. The van der Waals surface area contributed by atoms with Crippen molar-refractivity contribution in [1.82, 2.24) is 4.98 Å². The molecule has 0 aliphatic carbocycles. The number of carbonyl (C=O) groups excluding carboxylic acids is 1. The first kappa shape index (κ1) is 22.5. The number of aryl methyl sites for hydroxylation is 3. The van der Waals surface area contributed by atoms with Crippen LogP contribution in [0.2, 0.25) is 10.2 Å². The van der Waals surface area contributed by atoms with E-state index in [2.05, 4.69) is 26.0 Å². The Hall–Kier alpha value is -2.17. The number of benzene rings is 2. The summed E-state index contributed by atoms with van der Waals surface area (Å²) in [7, 11) is 1.46. The Morgan fingerprint density at radius 2 is 1.77 bits per heavy atom. The van der Waals surface area contributed by atoms with Crippen molar-refractivity contribution in [3.63, 3.8) is 0 Å². The summed E-state index contributed by atoms with van der Waals surface area (Å²) < 4.78 is 6.12. The van der Waals surface area contributed by atoms with Crippen LogP contribution in [0, 0.1) is 20.8 Å². The molecule has 2 aromatic carbocycles. The second-order valence-corrected chi connectivity index (χ2v) is 8.14. The predicted molar refractivity (Wildman–Crippen MR) is 119 cm³/mol. The molecule has 0 bridgehead atoms. The number of hydrogen-bond acceptors (Lipinski definition) is 4. The van der Waals surface area contributed by atoms with Crippen LogP contribution >= 0.6 is 23.2 Å². The Morgan fingerprint density at radius 3 is 2.37 bits per heavy atom. The molecule has 7 heteroatoms. The van der Waals surface area contributed by atoms with E-state index in [0.717, 1.165) is 22.4 Å². The maximum atomic E-state index is 13.3. The zero-order chi connectivity index (χ0) is 22.0. The number of aromatic nitrogens is 1. The fourth-order valence-corrected chi connectivity index (χ4v) is 4.10. The number of rotatable bonds is 5. The monoisotopic (exact) mass is 481 g/mol. The third-order valence-corrected chi connectivity index (χ3v) is 5.80. The van der Waals surface area contributed by atoms with E-state index in [9.17, 15) is 4.79 Å². The van der Waals surface area contributed by atoms with Crippen LogP contribution in [-0.2, 0) is 16.0 Å². The summed E-state index contributed by atoms with van der Waals surface area (Å²) in [6.45, 7) is 5.94. The third kappa shape index (κ3) is 4.45. The summed E-state index contributed by atoms with van der Waals surface area (Å²) in [6.07, 6.45) is 1.26. The number of Topliss-reactive ketones (excluding diaryl/α,β-unsaturated/α-hetero) is 1. The normalized spacial score (nSPS) is 11.2. The second kappa shape index (κ2) is 9.32. The van der Waals surface area contributed by atoms with E-state index in [1.807, 2.05) is 57.2 Å². The van der Waals surface area contributed by atoms with Gasteiger partial charge in [0.2, 0.25) is 0 Å². The van der Waals surface area contributed by atoms with Gasteiger partial charge >= 0.3 is 195 Å². The number of halogens is 2. The van der Waals surface area contributed by atoms with Gasteiger partial charge in [0.05, 0.1) is 0 Å². The fraction of sp³-hybridized carbons (Fsp3) is 0.174. The molecule has 0 unspecified atom stereocenters. The summed E-state index contributed by atoms with van der Waals surface area (Å²) in [5.74, 6) is -0.208. The molecule has 0 atom stereocenters. The van der Waals surface area contributed by atoms with Gasteiger partial charge < -0.3 is 0 Å². The van der Waals surface area contributed by atoms with Crippen LogP contribution in [0.5, 0.6) is 5.88 Å². The maximum absolute atomic E-state index is 13.3. The average Bonchev–Trinajstić information content (AvgIpc) is 2.69. The molecule has 0 saturated heterocycles. The zero-order valence-corrected chi connectivity index (χ0v) is 19.5. The molecule has 3 rings (SSSR count). The molecule has 0 spiro atoms. The summed E-state index contributed by atoms with van der Waals surface area (Å²) in [6, 6.07) is 11.4. The first-order valence-electron chi connectivity index (χ1n) is 9.07. The van der Waals surface area contributed by atoms with Gasteiger partial charge in [0, 0.05) is 0 Å². The standard InChI is InChI=1S/C23H19Cl2N2O2.Fe/c1-13-10-14(2)21(15(3)11-13)26-12-17(28)19-18(16-8-6-5-7-9-16)23(29-4)27-22(25)20(19)24;/h5-8,10-12H,1-4H3;. The molecule has 0 amide bonds. The number of pyridine rings is 1. The molecule has 0 aliphatic heterocycles. The van der Waals surface area contributed by atoms with E-state index < -0.39 is 5.78 Å². The average molecular weight is 482 g/mol. The first-order valence-corrected chi connectivity index (χ1v) is 10.4. The van der Waals surface area contributed by atoms with Crippen molar-refractivity contribution >= 4 is 45.3 Å². The molecule has 0 N–H and O–H groups in total. The summed E-state index contributed by atoms with van der Waals surface area (Å²) in [5, 5.41) is 0.0303. The van der Waals surface area contributed by atoms with E-state index >= 15 is 0 Å². The number of ether oxygens (including phenoxy) is 1. The van der Waals surface area contributed by atoms with Crippen molar-refractivity contribution in [2.75, 3.05) is 7.11 Å². The number of ketones is 1. The van der Waals surface area contributed by atoms with E-state index in [0.29, 0.717) is 15.6 Å². The summed E-state index contributed by atoms with van der Waals surface area (Å²) in [5.41, 5.74) is 5.14. The van der Waals surface area contributed by atoms with E-state index in [4.69, 9.17) is 27.9 Å². The molecule has 155 valence electrons. The second-order valence-electron chi connectivity index (χ2n) is 6.81. The summed E-state index contributed by atoms with van der Waals surface area (Å²) >= 11 is 16.7. The van der Waals surface area contributed by atoms with Crippen molar-refractivity contribution in [2.24, 2.45) is 4.99 Å². The van der Waals surface area contributed by atoms with Gasteiger partial charge in [0.25, 0.3) is 0 Å². The van der Waals surface area contributed by atoms with Gasteiger partial charge in [-0.3, -0.25) is 0 Å². The molecule has 30 heavy (non-hydrogen) atoms. The van der Waals surface area contributed by atoms with Crippen LogP contribution < -0.4 is 9.20 Å². The topological polar surface area (TPSA) is 51.5 Å². The van der Waals surface area contributed by atoms with Gasteiger partial charge in [-0.2, -0.15) is 0 Å². The van der Waals surface area contributed by atoms with Crippen LogP contribution in [0.25, 0.3) is 11.1 Å². The van der Waals surface area contributed by atoms with Crippen molar-refractivity contribution in [3.8, 4) is 17.0 Å². The Labute approximate surface area is 194 Å². The van der Waals surface area contributed by atoms with Crippen molar-refractivity contribution < 1.29 is 25.5 Å². The predicted octanol–water partition coefficient (Wildman–Crippen LogP) is 5.75. The Morgan fingerprint density at radius 1 is 1.13 bits per heavy atom. The number of aliphatic imine (C=N–C) groups is 1. The van der Waals surface area contributed by atoms with Gasteiger partial charge in [-0.15, -0.1) is 0 Å². The molecule has 1 heterocycles. The minimum absolute atomic E-state index is 0.0155. The van der Waals surface area contributed by atoms with Crippen molar-refractivity contribution in [2.45, 2.75) is 20.8 Å². The van der Waals surface area contributed by atoms with Crippen molar-refractivity contribution in [1.29, 1.82) is 0 Å². The molecule has 4 nitrogen and oxygen atoms in total. The van der Waals surface area contributed by atoms with Crippen LogP contribution in [0.1, 0.15) is 27.0 Å². The van der Waals surface area contributed by atoms with E-state index in [-0.39, 0.29) is 21.6 Å². The Kier molecular flexibility index (Phi) is 6.99. The SMILES string of the molecule is COc1nc(Cl)c(Cl)c(C(=O)C=Nc2c(C)cc(C)cc2C)c1-c1cccc[c]1[Fe]. The zero-order valence-electron chi connectivity index (χ0n) is 16.9. The summed E-state index contributed by atoms with van der Waals surface area (Å²) in [4.78, 5) is 21.9. The first-order chi connectivity index (χ1) is 14.2. The Balaban J connectivity index is 2.19. The van der Waals surface area contributed by atoms with Gasteiger partial charge in [0.1, 0.15) is 0 Å². The molecule has 1 aromatic heterocycles. The van der Waals surface area contributed by atoms with Crippen LogP contribution in [0.4, 0.5) is 5.69 Å². The number of methoxy groups -OCH3 is 1. The third-order valence-electron chi connectivity index (χ3n) is 4.58. The van der Waals surface area contributed by atoms with Gasteiger partial charge in [0.15, 0.2) is 0 Å². The number of nitrogens with zero attached hydrogens (tertiary/aromatic N) is 2. The molecule has 3 aromatic rings. The Bertz CT molecular complexity index is 1150. The van der Waals surface area contributed by atoms with E-state index in [1.54, 1.807) is 0 Å². The molecule has 0 radical (unpaired) electrons. The minimum atomic E-state index is -0.403. The van der Waals surface area contributed by atoms with Gasteiger partial charge in [-0.1, -0.05) is 0 Å². The van der Waals surface area contributed by atoms with Crippen LogP contribution in [0.15, 0.2) is 41.4 Å². The van der Waals surface area contributed by atoms with Gasteiger partial charge in [-0.25, -0.2) is 0 Å². The quantitative estimate of drug-likeness (QED) is 0.202. The van der Waals surface area contributed by atoms with Crippen LogP contribution in [-0.4, -0.2) is 24.1 Å². The molecule has 0 aliphatic rings. The molecule has 0 saturated carbocycles. The van der Waals surface area contributed by atoms with Crippen LogP contribution in [0.3, 0.4) is 0 Å². The fourth-order valence-electron chi connectivity index (χ4n) is 3.36. The van der Waals surface area contributed by atoms with Gasteiger partial charge in [-0.05, 0) is 0 Å². The van der Waals surface area contributed by atoms with E-state index in [1.165, 1.54) is 13.3 Å². The molecule has 0 fully saturated rings. The molecular formula is C23H19Cl2FeN2O2. The van der Waals surface area contributed by atoms with Crippen molar-refractivity contribution in [3.05, 3.63) is 68.8 Å². The number of hydrogen-bond donors (Lipinski definition) is 0.